The normalized spacial score (nSPS) is 11.7. The fourth-order valence-corrected chi connectivity index (χ4v) is 3.15. The second kappa shape index (κ2) is 10.3. The van der Waals surface area contributed by atoms with Gasteiger partial charge >= 0.3 is 0 Å². The largest absolute Gasteiger partial charge is 0.340 e. The van der Waals surface area contributed by atoms with Gasteiger partial charge in [-0.1, -0.05) is 61.3 Å². The molecule has 0 spiro atoms. The first-order valence-corrected chi connectivity index (χ1v) is 9.81. The van der Waals surface area contributed by atoms with Crippen molar-refractivity contribution >= 4 is 46.6 Å². The average Bonchev–Trinajstić information content (AvgIpc) is 2.68. The summed E-state index contributed by atoms with van der Waals surface area (Å²) in [6, 6.07) is 12.7. The zero-order valence-corrected chi connectivity index (χ0v) is 17.9. The van der Waals surface area contributed by atoms with Crippen LogP contribution in [0.2, 0.25) is 10.0 Å². The maximum absolute atomic E-state index is 12.9. The first kappa shape index (κ1) is 22.7. The molecule has 3 amide bonds. The highest BCUT2D eigenvalue weighted by Crippen LogP contribution is 2.29. The molecule has 0 heterocycles. The summed E-state index contributed by atoms with van der Waals surface area (Å²) in [5.74, 6) is -1.34. The summed E-state index contributed by atoms with van der Waals surface area (Å²) < 4.78 is 0. The third-order valence-electron chi connectivity index (χ3n) is 4.24. The zero-order valence-electron chi connectivity index (χ0n) is 16.4. The SMILES string of the molecule is CC(C)C(NC(=O)c1ccccc1)C(=O)N(C)CC(=O)Nc1c(Cl)cccc1Cl. The van der Waals surface area contributed by atoms with Gasteiger partial charge in [-0.05, 0) is 30.2 Å². The molecule has 2 aromatic carbocycles. The van der Waals surface area contributed by atoms with Gasteiger partial charge in [0, 0.05) is 12.6 Å². The van der Waals surface area contributed by atoms with Gasteiger partial charge in [-0.25, -0.2) is 0 Å². The average molecular weight is 436 g/mol. The molecular formula is C21H23Cl2N3O3. The van der Waals surface area contributed by atoms with Crippen LogP contribution < -0.4 is 10.6 Å². The van der Waals surface area contributed by atoms with Gasteiger partial charge in [0.05, 0.1) is 22.3 Å². The van der Waals surface area contributed by atoms with Crippen molar-refractivity contribution in [3.8, 4) is 0 Å². The Morgan fingerprint density at radius 3 is 2.10 bits per heavy atom. The maximum atomic E-state index is 12.9. The highest BCUT2D eigenvalue weighted by atomic mass is 35.5. The fourth-order valence-electron chi connectivity index (χ4n) is 2.65. The van der Waals surface area contributed by atoms with E-state index in [-0.39, 0.29) is 24.3 Å². The smallest absolute Gasteiger partial charge is 0.251 e. The van der Waals surface area contributed by atoms with Crippen molar-refractivity contribution in [1.82, 2.24) is 10.2 Å². The molecule has 154 valence electrons. The molecule has 0 saturated heterocycles. The van der Waals surface area contributed by atoms with Crippen LogP contribution >= 0.6 is 23.2 Å². The maximum Gasteiger partial charge on any atom is 0.251 e. The Labute approximate surface area is 180 Å². The standard InChI is InChI=1S/C21H23Cl2N3O3/c1-13(2)18(25-20(28)14-8-5-4-6-9-14)21(29)26(3)12-17(27)24-19-15(22)10-7-11-16(19)23/h4-11,13,18H,12H2,1-3H3,(H,24,27)(H,25,28). The van der Waals surface area contributed by atoms with Gasteiger partial charge in [0.25, 0.3) is 5.91 Å². The predicted octanol–water partition coefficient (Wildman–Crippen LogP) is 3.84. The van der Waals surface area contributed by atoms with Gasteiger partial charge in [0.2, 0.25) is 11.8 Å². The minimum atomic E-state index is -0.774. The van der Waals surface area contributed by atoms with Gasteiger partial charge < -0.3 is 15.5 Å². The van der Waals surface area contributed by atoms with Crippen LogP contribution in [0.5, 0.6) is 0 Å². The van der Waals surface area contributed by atoms with Crippen LogP contribution in [-0.2, 0) is 9.59 Å². The van der Waals surface area contributed by atoms with E-state index in [0.717, 1.165) is 0 Å². The summed E-state index contributed by atoms with van der Waals surface area (Å²) in [5.41, 5.74) is 0.749. The number of carbonyl (C=O) groups excluding carboxylic acids is 3. The number of nitrogens with zero attached hydrogens (tertiary/aromatic N) is 1. The molecule has 0 aliphatic carbocycles. The van der Waals surface area contributed by atoms with E-state index in [1.807, 2.05) is 13.8 Å². The third kappa shape index (κ3) is 6.21. The molecule has 0 saturated carbocycles. The molecule has 2 aromatic rings. The lowest BCUT2D eigenvalue weighted by Crippen LogP contribution is -2.51. The minimum absolute atomic E-state index is 0.168. The second-order valence-electron chi connectivity index (χ2n) is 6.90. The number of rotatable bonds is 7. The van der Waals surface area contributed by atoms with E-state index in [4.69, 9.17) is 23.2 Å². The van der Waals surface area contributed by atoms with Crippen LogP contribution in [0.15, 0.2) is 48.5 Å². The lowest BCUT2D eigenvalue weighted by Gasteiger charge is -2.27. The van der Waals surface area contributed by atoms with Crippen LogP contribution in [-0.4, -0.2) is 42.3 Å². The molecule has 1 unspecified atom stereocenters. The van der Waals surface area contributed by atoms with Crippen LogP contribution in [0.25, 0.3) is 0 Å². The second-order valence-corrected chi connectivity index (χ2v) is 7.71. The Morgan fingerprint density at radius 1 is 0.966 bits per heavy atom. The number of benzene rings is 2. The number of para-hydroxylation sites is 1. The van der Waals surface area contributed by atoms with Gasteiger partial charge in [-0.3, -0.25) is 14.4 Å². The van der Waals surface area contributed by atoms with Gasteiger partial charge in [-0.2, -0.15) is 0 Å². The number of halogens is 2. The van der Waals surface area contributed by atoms with E-state index >= 15 is 0 Å². The number of carbonyl (C=O) groups is 3. The number of nitrogens with one attached hydrogen (secondary N) is 2. The Kier molecular flexibility index (Phi) is 8.05. The van der Waals surface area contributed by atoms with Crippen molar-refractivity contribution in [1.29, 1.82) is 0 Å². The first-order valence-electron chi connectivity index (χ1n) is 9.05. The van der Waals surface area contributed by atoms with Crippen molar-refractivity contribution < 1.29 is 14.4 Å². The van der Waals surface area contributed by atoms with Crippen molar-refractivity contribution in [2.75, 3.05) is 18.9 Å². The highest BCUT2D eigenvalue weighted by Gasteiger charge is 2.28. The molecule has 0 bridgehead atoms. The Morgan fingerprint density at radius 2 is 1.55 bits per heavy atom. The fraction of sp³-hybridized carbons (Fsp3) is 0.286. The van der Waals surface area contributed by atoms with E-state index in [0.29, 0.717) is 21.3 Å². The molecule has 8 heteroatoms. The monoisotopic (exact) mass is 435 g/mol. The first-order chi connectivity index (χ1) is 13.7. The van der Waals surface area contributed by atoms with Crippen molar-refractivity contribution in [2.24, 2.45) is 5.92 Å². The third-order valence-corrected chi connectivity index (χ3v) is 4.87. The lowest BCUT2D eigenvalue weighted by molar-refractivity contribution is -0.135. The summed E-state index contributed by atoms with van der Waals surface area (Å²) in [5, 5.41) is 5.97. The summed E-state index contributed by atoms with van der Waals surface area (Å²) in [7, 11) is 1.50. The number of amides is 3. The predicted molar refractivity (Wildman–Crippen MR) is 115 cm³/mol. The Bertz CT molecular complexity index is 868. The quantitative estimate of drug-likeness (QED) is 0.692. The van der Waals surface area contributed by atoms with E-state index in [9.17, 15) is 14.4 Å². The topological polar surface area (TPSA) is 78.5 Å². The van der Waals surface area contributed by atoms with Crippen LogP contribution in [0, 0.1) is 5.92 Å². The van der Waals surface area contributed by atoms with E-state index in [2.05, 4.69) is 10.6 Å². The number of likely N-dealkylation sites (N-methyl/N-ethyl adjacent to an activating group) is 1. The molecule has 1 atom stereocenters. The summed E-state index contributed by atoms with van der Waals surface area (Å²) in [6.45, 7) is 3.43. The Balaban J connectivity index is 2.03. The van der Waals surface area contributed by atoms with E-state index in [1.54, 1.807) is 48.5 Å². The molecule has 0 aliphatic heterocycles. The number of anilines is 1. The molecule has 0 fully saturated rings. The van der Waals surface area contributed by atoms with Crippen molar-refractivity contribution in [3.05, 3.63) is 64.1 Å². The number of hydrogen-bond acceptors (Lipinski definition) is 3. The van der Waals surface area contributed by atoms with E-state index in [1.165, 1.54) is 11.9 Å². The molecule has 2 rings (SSSR count). The summed E-state index contributed by atoms with van der Waals surface area (Å²) in [6.07, 6.45) is 0. The number of hydrogen-bond donors (Lipinski definition) is 2. The van der Waals surface area contributed by atoms with E-state index < -0.39 is 11.9 Å². The van der Waals surface area contributed by atoms with Gasteiger partial charge in [0.15, 0.2) is 0 Å². The molecular weight excluding hydrogens is 413 g/mol. The minimum Gasteiger partial charge on any atom is -0.340 e. The van der Waals surface area contributed by atoms with Crippen LogP contribution in [0.3, 0.4) is 0 Å². The summed E-state index contributed by atoms with van der Waals surface area (Å²) >= 11 is 12.1. The molecule has 6 nitrogen and oxygen atoms in total. The van der Waals surface area contributed by atoms with Gasteiger partial charge in [-0.15, -0.1) is 0 Å². The summed E-state index contributed by atoms with van der Waals surface area (Å²) in [4.78, 5) is 38.9. The van der Waals surface area contributed by atoms with Crippen molar-refractivity contribution in [3.63, 3.8) is 0 Å². The zero-order chi connectivity index (χ0) is 21.6. The van der Waals surface area contributed by atoms with Crippen molar-refractivity contribution in [2.45, 2.75) is 19.9 Å². The molecule has 2 N–H and O–H groups in total. The van der Waals surface area contributed by atoms with Crippen LogP contribution in [0.4, 0.5) is 5.69 Å². The molecule has 0 aliphatic rings. The molecule has 29 heavy (non-hydrogen) atoms. The molecule has 0 radical (unpaired) electrons. The van der Waals surface area contributed by atoms with Gasteiger partial charge in [0.1, 0.15) is 6.04 Å². The van der Waals surface area contributed by atoms with Crippen LogP contribution in [0.1, 0.15) is 24.2 Å². The lowest BCUT2D eigenvalue weighted by atomic mass is 10.0. The molecule has 0 aromatic heterocycles. The Hall–Kier alpha value is -2.57. The highest BCUT2D eigenvalue weighted by molar-refractivity contribution is 6.39.